The van der Waals surface area contributed by atoms with Crippen molar-refractivity contribution in [1.82, 2.24) is 4.98 Å². The van der Waals surface area contributed by atoms with Crippen LogP contribution in [0.15, 0.2) is 10.9 Å². The molecule has 3 nitrogen and oxygen atoms in total. The van der Waals surface area contributed by atoms with Gasteiger partial charge in [0.1, 0.15) is 11.6 Å². The van der Waals surface area contributed by atoms with Crippen molar-refractivity contribution in [1.29, 1.82) is 5.26 Å². The molecule has 0 aliphatic heterocycles. The first kappa shape index (κ1) is 12.9. The Morgan fingerprint density at radius 1 is 1.56 bits per heavy atom. The van der Waals surface area contributed by atoms with Crippen molar-refractivity contribution in [3.8, 4) is 6.07 Å². The van der Waals surface area contributed by atoms with Crippen molar-refractivity contribution in [2.45, 2.75) is 46.5 Å². The Bertz CT molecular complexity index is 549. The van der Waals surface area contributed by atoms with Crippen molar-refractivity contribution in [2.24, 2.45) is 11.3 Å². The van der Waals surface area contributed by atoms with Crippen LogP contribution in [0.4, 0.5) is 0 Å². The van der Waals surface area contributed by atoms with Gasteiger partial charge in [0.2, 0.25) is 0 Å². The lowest BCUT2D eigenvalue weighted by Crippen LogP contribution is -2.30. The van der Waals surface area contributed by atoms with E-state index in [0.717, 1.165) is 36.9 Å². The molecular formula is C15H20N2O. The molecule has 18 heavy (non-hydrogen) atoms. The molecule has 0 aromatic carbocycles. The minimum absolute atomic E-state index is 0.240. The number of fused-ring (bicyclic) bond motifs is 1. The van der Waals surface area contributed by atoms with Crippen molar-refractivity contribution >= 4 is 0 Å². The fourth-order valence-electron chi connectivity index (χ4n) is 2.74. The van der Waals surface area contributed by atoms with E-state index in [4.69, 9.17) is 5.26 Å². The molecule has 1 aliphatic carbocycles. The lowest BCUT2D eigenvalue weighted by atomic mass is 9.69. The van der Waals surface area contributed by atoms with Gasteiger partial charge in [0, 0.05) is 5.69 Å². The highest BCUT2D eigenvalue weighted by molar-refractivity contribution is 5.34. The summed E-state index contributed by atoms with van der Waals surface area (Å²) < 4.78 is 0. The summed E-state index contributed by atoms with van der Waals surface area (Å²) in [6.07, 6.45) is 4.17. The molecule has 96 valence electrons. The van der Waals surface area contributed by atoms with Gasteiger partial charge in [0.25, 0.3) is 5.56 Å². The summed E-state index contributed by atoms with van der Waals surface area (Å²) in [7, 11) is 0. The summed E-state index contributed by atoms with van der Waals surface area (Å²) in [6, 6.07) is 3.75. The highest BCUT2D eigenvalue weighted by Crippen LogP contribution is 2.39. The summed E-state index contributed by atoms with van der Waals surface area (Å²) in [5.74, 6) is 0.632. The van der Waals surface area contributed by atoms with E-state index in [1.54, 1.807) is 6.07 Å². The number of aryl methyl sites for hydroxylation is 1. The molecule has 1 heterocycles. The van der Waals surface area contributed by atoms with E-state index in [2.05, 4.69) is 25.8 Å². The van der Waals surface area contributed by atoms with Crippen LogP contribution in [0.3, 0.4) is 0 Å². The van der Waals surface area contributed by atoms with Crippen LogP contribution in [-0.4, -0.2) is 4.98 Å². The largest absolute Gasteiger partial charge is 0.325 e. The molecule has 1 aliphatic rings. The molecule has 0 bridgehead atoms. The maximum absolute atomic E-state index is 11.6. The fourth-order valence-corrected chi connectivity index (χ4v) is 2.74. The molecule has 0 radical (unpaired) electrons. The minimum atomic E-state index is -0.246. The van der Waals surface area contributed by atoms with E-state index in [-0.39, 0.29) is 11.1 Å². The average Bonchev–Trinajstić information content (AvgIpc) is 2.37. The molecule has 0 amide bonds. The summed E-state index contributed by atoms with van der Waals surface area (Å²) >= 11 is 0. The highest BCUT2D eigenvalue weighted by atomic mass is 16.1. The maximum atomic E-state index is 11.6. The predicted octanol–water partition coefficient (Wildman–Crippen LogP) is 2.79. The number of pyridine rings is 1. The van der Waals surface area contributed by atoms with Crippen molar-refractivity contribution in [3.63, 3.8) is 0 Å². The van der Waals surface area contributed by atoms with E-state index >= 15 is 0 Å². The third-order valence-electron chi connectivity index (χ3n) is 4.56. The number of H-pyrrole nitrogens is 1. The van der Waals surface area contributed by atoms with Gasteiger partial charge in [-0.25, -0.2) is 0 Å². The summed E-state index contributed by atoms with van der Waals surface area (Å²) in [6.45, 7) is 6.84. The van der Waals surface area contributed by atoms with Gasteiger partial charge in [-0.2, -0.15) is 5.26 Å². The van der Waals surface area contributed by atoms with Crippen LogP contribution in [0.1, 0.15) is 50.4 Å². The lowest BCUT2D eigenvalue weighted by molar-refractivity contribution is 0.182. The number of nitriles is 1. The number of hydrogen-bond donors (Lipinski definition) is 1. The van der Waals surface area contributed by atoms with Gasteiger partial charge in [-0.1, -0.05) is 27.2 Å². The zero-order chi connectivity index (χ0) is 13.3. The van der Waals surface area contributed by atoms with Crippen molar-refractivity contribution < 1.29 is 0 Å². The monoisotopic (exact) mass is 244 g/mol. The minimum Gasteiger partial charge on any atom is -0.325 e. The summed E-state index contributed by atoms with van der Waals surface area (Å²) in [5.41, 5.74) is 2.50. The van der Waals surface area contributed by atoms with Gasteiger partial charge >= 0.3 is 0 Å². The molecule has 0 fully saturated rings. The molecule has 1 atom stereocenters. The van der Waals surface area contributed by atoms with Crippen LogP contribution in [0.5, 0.6) is 0 Å². The molecular weight excluding hydrogens is 224 g/mol. The van der Waals surface area contributed by atoms with Crippen LogP contribution < -0.4 is 5.56 Å². The van der Waals surface area contributed by atoms with Crippen LogP contribution >= 0.6 is 0 Å². The first-order chi connectivity index (χ1) is 8.47. The quantitative estimate of drug-likeness (QED) is 0.869. The predicted molar refractivity (Wildman–Crippen MR) is 71.4 cm³/mol. The first-order valence-corrected chi connectivity index (χ1v) is 6.63. The summed E-state index contributed by atoms with van der Waals surface area (Å²) in [5, 5.41) is 8.92. The number of nitrogens with one attached hydrogen (secondary N) is 1. The Kier molecular flexibility index (Phi) is 3.30. The van der Waals surface area contributed by atoms with E-state index in [1.807, 2.05) is 6.07 Å². The molecule has 1 aromatic heterocycles. The van der Waals surface area contributed by atoms with E-state index < -0.39 is 0 Å². The molecule has 3 heteroatoms. The molecule has 1 aromatic rings. The zero-order valence-corrected chi connectivity index (χ0v) is 11.3. The first-order valence-electron chi connectivity index (χ1n) is 6.63. The van der Waals surface area contributed by atoms with Crippen LogP contribution in [0.2, 0.25) is 0 Å². The summed E-state index contributed by atoms with van der Waals surface area (Å²) in [4.78, 5) is 14.4. The number of aromatic nitrogens is 1. The Labute approximate surface area is 108 Å². The zero-order valence-electron chi connectivity index (χ0n) is 11.3. The van der Waals surface area contributed by atoms with Gasteiger partial charge in [-0.3, -0.25) is 4.79 Å². The smallest absolute Gasteiger partial charge is 0.266 e. The Balaban J connectivity index is 2.35. The third-order valence-corrected chi connectivity index (χ3v) is 4.56. The number of hydrogen-bond acceptors (Lipinski definition) is 2. The van der Waals surface area contributed by atoms with Crippen molar-refractivity contribution in [2.75, 3.05) is 0 Å². The molecule has 0 saturated carbocycles. The molecule has 0 unspecified atom stereocenters. The van der Waals surface area contributed by atoms with Gasteiger partial charge in [-0.05, 0) is 42.2 Å². The van der Waals surface area contributed by atoms with Gasteiger partial charge in [0.15, 0.2) is 0 Å². The van der Waals surface area contributed by atoms with E-state index in [9.17, 15) is 4.79 Å². The van der Waals surface area contributed by atoms with Crippen LogP contribution in [0.25, 0.3) is 0 Å². The molecule has 1 N–H and O–H groups in total. The van der Waals surface area contributed by atoms with E-state index in [1.165, 1.54) is 0 Å². The van der Waals surface area contributed by atoms with Crippen LogP contribution in [0, 0.1) is 22.7 Å². The number of rotatable bonds is 2. The Morgan fingerprint density at radius 3 is 2.89 bits per heavy atom. The average molecular weight is 244 g/mol. The third kappa shape index (κ3) is 2.20. The SMILES string of the molecule is CCC(C)(C)[C@@H]1CCc2[nH]c(=O)c(C#N)cc2C1. The topological polar surface area (TPSA) is 56.6 Å². The normalized spacial score (nSPS) is 19.1. The van der Waals surface area contributed by atoms with Crippen LogP contribution in [-0.2, 0) is 12.8 Å². The lowest BCUT2D eigenvalue weighted by Gasteiger charge is -2.37. The number of aromatic amines is 1. The van der Waals surface area contributed by atoms with Gasteiger partial charge < -0.3 is 4.98 Å². The second-order valence-corrected chi connectivity index (χ2v) is 5.91. The second kappa shape index (κ2) is 4.61. The second-order valence-electron chi connectivity index (χ2n) is 5.91. The molecule has 0 saturated heterocycles. The maximum Gasteiger partial charge on any atom is 0.266 e. The Hall–Kier alpha value is -1.56. The Morgan fingerprint density at radius 2 is 2.28 bits per heavy atom. The van der Waals surface area contributed by atoms with Crippen molar-refractivity contribution in [3.05, 3.63) is 33.2 Å². The highest BCUT2D eigenvalue weighted by Gasteiger charge is 2.31. The number of nitrogens with zero attached hydrogens (tertiary/aromatic N) is 1. The standard InChI is InChI=1S/C15H20N2O/c1-4-15(2,3)12-5-6-13-10(8-12)7-11(9-16)14(18)17-13/h7,12H,4-6,8H2,1-3H3,(H,17,18)/t12-/m1/s1. The van der Waals surface area contributed by atoms with Gasteiger partial charge in [-0.15, -0.1) is 0 Å². The van der Waals surface area contributed by atoms with E-state index in [0.29, 0.717) is 11.3 Å². The molecule has 2 rings (SSSR count). The molecule has 0 spiro atoms. The fraction of sp³-hybridized carbons (Fsp3) is 0.600. The van der Waals surface area contributed by atoms with Gasteiger partial charge in [0.05, 0.1) is 0 Å².